The Hall–Kier alpha value is -2.22. The highest BCUT2D eigenvalue weighted by molar-refractivity contribution is 5.94. The monoisotopic (exact) mass is 334 g/mol. The van der Waals surface area contributed by atoms with E-state index in [0.717, 1.165) is 31.4 Å². The fourth-order valence-electron chi connectivity index (χ4n) is 4.51. The van der Waals surface area contributed by atoms with E-state index in [9.17, 15) is 4.39 Å². The maximum Gasteiger partial charge on any atom is 0.220 e. The van der Waals surface area contributed by atoms with E-state index in [2.05, 4.69) is 61.0 Å². The van der Waals surface area contributed by atoms with E-state index in [1.807, 2.05) is 13.0 Å². The zero-order valence-electron chi connectivity index (χ0n) is 15.3. The molecular formula is C23H25FN+. The molecule has 1 aliphatic heterocycles. The number of rotatable bonds is 2. The quantitative estimate of drug-likeness (QED) is 0.529. The van der Waals surface area contributed by atoms with E-state index in [4.69, 9.17) is 0 Å². The third kappa shape index (κ3) is 2.38. The number of aryl methyl sites for hydroxylation is 2. The maximum absolute atomic E-state index is 14.5. The van der Waals surface area contributed by atoms with E-state index >= 15 is 0 Å². The van der Waals surface area contributed by atoms with Gasteiger partial charge in [0, 0.05) is 17.9 Å². The highest BCUT2D eigenvalue weighted by Crippen LogP contribution is 2.44. The van der Waals surface area contributed by atoms with Crippen molar-refractivity contribution in [1.82, 2.24) is 0 Å². The average Bonchev–Trinajstić information content (AvgIpc) is 2.77. The van der Waals surface area contributed by atoms with Gasteiger partial charge in [-0.25, -0.2) is 4.39 Å². The zero-order valence-corrected chi connectivity index (χ0v) is 15.3. The third-order valence-electron chi connectivity index (χ3n) is 6.25. The molecule has 0 saturated heterocycles. The molecule has 0 saturated carbocycles. The van der Waals surface area contributed by atoms with Crippen molar-refractivity contribution in [3.63, 3.8) is 0 Å². The minimum atomic E-state index is -0.0845. The summed E-state index contributed by atoms with van der Waals surface area (Å²) < 4.78 is 16.9. The number of hydrogen-bond acceptors (Lipinski definition) is 0. The van der Waals surface area contributed by atoms with Crippen molar-refractivity contribution in [2.75, 3.05) is 0 Å². The van der Waals surface area contributed by atoms with Gasteiger partial charge in [-0.3, -0.25) is 0 Å². The molecule has 128 valence electrons. The second-order valence-electron chi connectivity index (χ2n) is 7.33. The Bertz CT molecular complexity index is 954. The van der Waals surface area contributed by atoms with Gasteiger partial charge < -0.3 is 0 Å². The highest BCUT2D eigenvalue weighted by atomic mass is 19.1. The van der Waals surface area contributed by atoms with Crippen molar-refractivity contribution in [3.8, 4) is 11.3 Å². The van der Waals surface area contributed by atoms with Gasteiger partial charge in [0.15, 0.2) is 6.20 Å². The van der Waals surface area contributed by atoms with Crippen LogP contribution in [0.1, 0.15) is 44.2 Å². The number of fused-ring (bicyclic) bond motifs is 5. The van der Waals surface area contributed by atoms with Gasteiger partial charge in [0.05, 0.1) is 10.9 Å². The normalized spacial score (nSPS) is 15.5. The smallest absolute Gasteiger partial charge is 0.207 e. The molecule has 25 heavy (non-hydrogen) atoms. The van der Waals surface area contributed by atoms with Gasteiger partial charge in [-0.1, -0.05) is 32.0 Å². The third-order valence-corrected chi connectivity index (χ3v) is 6.25. The Morgan fingerprint density at radius 2 is 1.84 bits per heavy atom. The summed E-state index contributed by atoms with van der Waals surface area (Å²) in [5.74, 6) is -0.0845. The molecule has 0 N–H and O–H groups in total. The van der Waals surface area contributed by atoms with Crippen LogP contribution in [-0.2, 0) is 12.0 Å². The molecule has 3 aromatic rings. The average molecular weight is 334 g/mol. The minimum Gasteiger partial charge on any atom is -0.207 e. The fraction of sp³-hybridized carbons (Fsp3) is 0.348. The second kappa shape index (κ2) is 5.94. The topological polar surface area (TPSA) is 3.88 Å². The predicted octanol–water partition coefficient (Wildman–Crippen LogP) is 5.70. The molecule has 2 aromatic carbocycles. The molecule has 1 aliphatic rings. The standard InChI is InChI=1S/C23H25FN/c1-4-23(5-2)11-13-25-12-10-17-8-6-7-9-18(17)22(25)19-14-16(3)21(24)15-20(19)23/h6-10,12,14-15H,4-5,11,13H2,1-3H3/q+1. The van der Waals surface area contributed by atoms with Crippen molar-refractivity contribution in [2.45, 2.75) is 52.0 Å². The molecule has 0 spiro atoms. The Balaban J connectivity index is 2.14. The Labute approximate surface area is 149 Å². The van der Waals surface area contributed by atoms with Crippen molar-refractivity contribution in [2.24, 2.45) is 0 Å². The number of halogens is 1. The highest BCUT2D eigenvalue weighted by Gasteiger charge is 2.38. The first-order valence-electron chi connectivity index (χ1n) is 9.32. The molecule has 0 fully saturated rings. The SMILES string of the molecule is CCC1(CC)CC[n+]2ccc3ccccc3c2-c2cc(C)c(F)cc21. The summed E-state index contributed by atoms with van der Waals surface area (Å²) in [6, 6.07) is 14.6. The first kappa shape index (κ1) is 16.3. The summed E-state index contributed by atoms with van der Waals surface area (Å²) in [5.41, 5.74) is 4.39. The lowest BCUT2D eigenvalue weighted by atomic mass is 9.71. The molecule has 0 radical (unpaired) electrons. The van der Waals surface area contributed by atoms with E-state index < -0.39 is 0 Å². The summed E-state index contributed by atoms with van der Waals surface area (Å²) in [4.78, 5) is 0. The molecule has 0 bridgehead atoms. The maximum atomic E-state index is 14.5. The number of nitrogens with zero attached hydrogens (tertiary/aromatic N) is 1. The van der Waals surface area contributed by atoms with Crippen LogP contribution in [0.3, 0.4) is 0 Å². The van der Waals surface area contributed by atoms with Crippen LogP contribution in [0.15, 0.2) is 48.7 Å². The van der Waals surface area contributed by atoms with Gasteiger partial charge in [-0.2, -0.15) is 4.57 Å². The minimum absolute atomic E-state index is 0.0387. The van der Waals surface area contributed by atoms with Crippen molar-refractivity contribution in [1.29, 1.82) is 0 Å². The lowest BCUT2D eigenvalue weighted by molar-refractivity contribution is -0.685. The van der Waals surface area contributed by atoms with Crippen molar-refractivity contribution in [3.05, 3.63) is 65.6 Å². The summed E-state index contributed by atoms with van der Waals surface area (Å²) >= 11 is 0. The summed E-state index contributed by atoms with van der Waals surface area (Å²) in [6.07, 6.45) is 5.31. The Morgan fingerprint density at radius 1 is 1.08 bits per heavy atom. The number of aromatic nitrogens is 1. The lowest BCUT2D eigenvalue weighted by Gasteiger charge is -2.31. The summed E-state index contributed by atoms with van der Waals surface area (Å²) in [7, 11) is 0. The zero-order chi connectivity index (χ0) is 17.6. The number of benzene rings is 2. The van der Waals surface area contributed by atoms with Crippen LogP contribution >= 0.6 is 0 Å². The van der Waals surface area contributed by atoms with Crippen molar-refractivity contribution < 1.29 is 8.96 Å². The Kier molecular flexibility index (Phi) is 3.87. The second-order valence-corrected chi connectivity index (χ2v) is 7.33. The van der Waals surface area contributed by atoms with Gasteiger partial charge in [0.25, 0.3) is 0 Å². The molecule has 0 atom stereocenters. The fourth-order valence-corrected chi connectivity index (χ4v) is 4.51. The van der Waals surface area contributed by atoms with E-state index in [-0.39, 0.29) is 11.2 Å². The Morgan fingerprint density at radius 3 is 2.60 bits per heavy atom. The van der Waals surface area contributed by atoms with E-state index in [1.165, 1.54) is 27.6 Å². The first-order valence-corrected chi connectivity index (χ1v) is 9.32. The van der Waals surface area contributed by atoms with Crippen LogP contribution in [-0.4, -0.2) is 0 Å². The van der Waals surface area contributed by atoms with Crippen LogP contribution < -0.4 is 4.57 Å². The molecule has 0 amide bonds. The molecule has 2 heterocycles. The molecule has 1 nitrogen and oxygen atoms in total. The first-order chi connectivity index (χ1) is 12.1. The summed E-state index contributed by atoms with van der Waals surface area (Å²) in [6.45, 7) is 7.32. The summed E-state index contributed by atoms with van der Waals surface area (Å²) in [5, 5.41) is 2.49. The van der Waals surface area contributed by atoms with Gasteiger partial charge >= 0.3 is 0 Å². The molecule has 2 heteroatoms. The van der Waals surface area contributed by atoms with Gasteiger partial charge in [0.1, 0.15) is 12.4 Å². The van der Waals surface area contributed by atoms with Crippen LogP contribution in [0.25, 0.3) is 22.0 Å². The number of hydrogen-bond donors (Lipinski definition) is 0. The predicted molar refractivity (Wildman–Crippen MR) is 101 cm³/mol. The van der Waals surface area contributed by atoms with Gasteiger partial charge in [-0.15, -0.1) is 0 Å². The van der Waals surface area contributed by atoms with E-state index in [1.54, 1.807) is 0 Å². The van der Waals surface area contributed by atoms with Crippen LogP contribution in [0.4, 0.5) is 4.39 Å². The van der Waals surface area contributed by atoms with Crippen LogP contribution in [0, 0.1) is 12.7 Å². The van der Waals surface area contributed by atoms with Crippen LogP contribution in [0.5, 0.6) is 0 Å². The van der Waals surface area contributed by atoms with Crippen LogP contribution in [0.2, 0.25) is 0 Å². The van der Waals surface area contributed by atoms with E-state index in [0.29, 0.717) is 0 Å². The molecular weight excluding hydrogens is 309 g/mol. The molecule has 0 unspecified atom stereocenters. The largest absolute Gasteiger partial charge is 0.220 e. The van der Waals surface area contributed by atoms with Gasteiger partial charge in [0.2, 0.25) is 5.69 Å². The molecule has 1 aromatic heterocycles. The van der Waals surface area contributed by atoms with Crippen molar-refractivity contribution >= 4 is 10.8 Å². The molecule has 4 rings (SSSR count). The lowest BCUT2D eigenvalue weighted by Crippen LogP contribution is -2.37. The number of pyridine rings is 1. The van der Waals surface area contributed by atoms with Gasteiger partial charge in [-0.05, 0) is 54.5 Å². The molecule has 0 aliphatic carbocycles.